The molecule has 0 saturated heterocycles. The van der Waals surface area contributed by atoms with E-state index in [1.54, 1.807) is 7.05 Å². The van der Waals surface area contributed by atoms with Crippen LogP contribution < -0.4 is 15.5 Å². The lowest BCUT2D eigenvalue weighted by atomic mass is 10.3. The van der Waals surface area contributed by atoms with Gasteiger partial charge >= 0.3 is 5.69 Å². The Morgan fingerprint density at radius 3 is 2.75 bits per heavy atom. The molecule has 20 heavy (non-hydrogen) atoms. The van der Waals surface area contributed by atoms with Gasteiger partial charge in [0.15, 0.2) is 0 Å². The predicted octanol–water partition coefficient (Wildman–Crippen LogP) is 0.389. The molecule has 0 aliphatic carbocycles. The fraction of sp³-hybridized carbons (Fsp3) is 0.545. The van der Waals surface area contributed by atoms with Gasteiger partial charge in [0.05, 0.1) is 11.5 Å². The molecule has 0 unspecified atom stereocenters. The molecule has 0 bridgehead atoms. The van der Waals surface area contributed by atoms with Crippen molar-refractivity contribution in [2.45, 2.75) is 13.3 Å². The maximum absolute atomic E-state index is 11.6. The molecule has 0 atom stereocenters. The fourth-order valence-electron chi connectivity index (χ4n) is 1.61. The van der Waals surface area contributed by atoms with Crippen molar-refractivity contribution >= 4 is 23.2 Å². The molecule has 2 N–H and O–H groups in total. The van der Waals surface area contributed by atoms with Crippen LogP contribution in [0.2, 0.25) is 0 Å². The Balaban J connectivity index is 2.95. The summed E-state index contributed by atoms with van der Waals surface area (Å²) in [5.41, 5.74) is -0.249. The molecule has 0 aromatic carbocycles. The zero-order valence-corrected chi connectivity index (χ0v) is 11.7. The van der Waals surface area contributed by atoms with Gasteiger partial charge in [0.2, 0.25) is 17.5 Å². The van der Waals surface area contributed by atoms with Gasteiger partial charge in [-0.3, -0.25) is 14.9 Å². The second-order valence-electron chi connectivity index (χ2n) is 4.11. The van der Waals surface area contributed by atoms with E-state index in [4.69, 9.17) is 0 Å². The smallest absolute Gasteiger partial charge is 0.353 e. The Labute approximate surface area is 116 Å². The van der Waals surface area contributed by atoms with Gasteiger partial charge in [-0.1, -0.05) is 6.92 Å². The maximum Gasteiger partial charge on any atom is 0.353 e. The SMILES string of the molecule is CCCNC(=O)CN(C)c1ncnc(NC)c1[N+](=O)[O-]. The van der Waals surface area contributed by atoms with Crippen LogP contribution in [0, 0.1) is 10.1 Å². The number of aromatic nitrogens is 2. The van der Waals surface area contributed by atoms with Crippen LogP contribution in [0.15, 0.2) is 6.33 Å². The molecule has 9 nitrogen and oxygen atoms in total. The summed E-state index contributed by atoms with van der Waals surface area (Å²) in [6.45, 7) is 2.50. The van der Waals surface area contributed by atoms with Crippen LogP contribution in [-0.4, -0.2) is 48.0 Å². The molecule has 1 heterocycles. The van der Waals surface area contributed by atoms with Crippen molar-refractivity contribution in [2.24, 2.45) is 0 Å². The standard InChI is InChI=1S/C11H18N6O3/c1-4-5-13-8(18)6-16(3)11-9(17(19)20)10(12-2)14-7-15-11/h7H,4-6H2,1-3H3,(H,13,18)(H,12,14,15). The molecule has 0 aliphatic rings. The minimum absolute atomic E-state index is 0.0129. The number of rotatable bonds is 7. The number of nitrogens with zero attached hydrogens (tertiary/aromatic N) is 4. The zero-order chi connectivity index (χ0) is 15.1. The molecule has 0 radical (unpaired) electrons. The molecule has 0 aliphatic heterocycles. The Bertz CT molecular complexity index is 493. The first-order chi connectivity index (χ1) is 9.51. The molecule has 1 amide bonds. The van der Waals surface area contributed by atoms with Gasteiger partial charge in [-0.2, -0.15) is 0 Å². The number of nitrogens with one attached hydrogen (secondary N) is 2. The van der Waals surface area contributed by atoms with Crippen molar-refractivity contribution in [1.82, 2.24) is 15.3 Å². The lowest BCUT2D eigenvalue weighted by Gasteiger charge is -2.17. The van der Waals surface area contributed by atoms with Crippen molar-refractivity contribution in [2.75, 3.05) is 37.4 Å². The first-order valence-electron chi connectivity index (χ1n) is 6.16. The average molecular weight is 282 g/mol. The minimum atomic E-state index is -0.568. The van der Waals surface area contributed by atoms with Crippen molar-refractivity contribution in [3.05, 3.63) is 16.4 Å². The van der Waals surface area contributed by atoms with Gasteiger partial charge in [-0.15, -0.1) is 0 Å². The molecule has 0 saturated carbocycles. The molecule has 1 aromatic heterocycles. The highest BCUT2D eigenvalue weighted by Gasteiger charge is 2.25. The normalized spacial score (nSPS) is 9.95. The van der Waals surface area contributed by atoms with E-state index in [1.165, 1.54) is 18.3 Å². The number of likely N-dealkylation sites (N-methyl/N-ethyl adjacent to an activating group) is 1. The van der Waals surface area contributed by atoms with Gasteiger partial charge < -0.3 is 15.5 Å². The summed E-state index contributed by atoms with van der Waals surface area (Å²) in [5.74, 6) is -0.00455. The van der Waals surface area contributed by atoms with Crippen LogP contribution in [0.3, 0.4) is 0 Å². The van der Waals surface area contributed by atoms with Crippen LogP contribution in [0.25, 0.3) is 0 Å². The van der Waals surface area contributed by atoms with Crippen LogP contribution in [-0.2, 0) is 4.79 Å². The summed E-state index contributed by atoms with van der Waals surface area (Å²) in [7, 11) is 3.10. The Morgan fingerprint density at radius 2 is 2.20 bits per heavy atom. The van der Waals surface area contributed by atoms with E-state index in [2.05, 4.69) is 20.6 Å². The molecule has 1 rings (SSSR count). The quantitative estimate of drug-likeness (QED) is 0.549. The van der Waals surface area contributed by atoms with Gasteiger partial charge in [-0.25, -0.2) is 9.97 Å². The first kappa shape index (κ1) is 15.6. The molecule has 0 fully saturated rings. The summed E-state index contributed by atoms with van der Waals surface area (Å²) < 4.78 is 0. The van der Waals surface area contributed by atoms with E-state index >= 15 is 0 Å². The van der Waals surface area contributed by atoms with E-state index in [9.17, 15) is 14.9 Å². The second kappa shape index (κ2) is 7.22. The average Bonchev–Trinajstić information content (AvgIpc) is 2.43. The first-order valence-corrected chi connectivity index (χ1v) is 6.16. The number of hydrogen-bond acceptors (Lipinski definition) is 7. The van der Waals surface area contributed by atoms with E-state index < -0.39 is 4.92 Å². The highest BCUT2D eigenvalue weighted by molar-refractivity contribution is 5.82. The molecular formula is C11H18N6O3. The number of carbonyl (C=O) groups is 1. The van der Waals surface area contributed by atoms with Gasteiger partial charge in [0.25, 0.3) is 0 Å². The highest BCUT2D eigenvalue weighted by Crippen LogP contribution is 2.30. The minimum Gasteiger partial charge on any atom is -0.367 e. The van der Waals surface area contributed by atoms with Crippen LogP contribution >= 0.6 is 0 Å². The molecule has 0 spiro atoms. The largest absolute Gasteiger partial charge is 0.367 e. The zero-order valence-electron chi connectivity index (χ0n) is 11.7. The number of nitro groups is 1. The third-order valence-corrected chi connectivity index (χ3v) is 2.54. The van der Waals surface area contributed by atoms with E-state index in [-0.39, 0.29) is 29.8 Å². The summed E-state index contributed by atoms with van der Waals surface area (Å²) in [6.07, 6.45) is 2.04. The molecular weight excluding hydrogens is 264 g/mol. The van der Waals surface area contributed by atoms with Crippen LogP contribution in [0.1, 0.15) is 13.3 Å². The second-order valence-corrected chi connectivity index (χ2v) is 4.11. The monoisotopic (exact) mass is 282 g/mol. The number of anilines is 2. The van der Waals surface area contributed by atoms with Gasteiger partial charge in [-0.05, 0) is 6.42 Å². The highest BCUT2D eigenvalue weighted by atomic mass is 16.6. The Hall–Kier alpha value is -2.45. The van der Waals surface area contributed by atoms with E-state index in [1.807, 2.05) is 6.92 Å². The van der Waals surface area contributed by atoms with E-state index in [0.29, 0.717) is 6.54 Å². The topological polar surface area (TPSA) is 113 Å². The van der Waals surface area contributed by atoms with Crippen LogP contribution in [0.4, 0.5) is 17.3 Å². The number of hydrogen-bond donors (Lipinski definition) is 2. The summed E-state index contributed by atoms with van der Waals surface area (Å²) in [4.78, 5) is 31.3. The number of amides is 1. The van der Waals surface area contributed by atoms with Crippen LogP contribution in [0.5, 0.6) is 0 Å². The van der Waals surface area contributed by atoms with Crippen molar-refractivity contribution in [3.63, 3.8) is 0 Å². The Morgan fingerprint density at radius 1 is 1.50 bits per heavy atom. The Kier molecular flexibility index (Phi) is 5.63. The van der Waals surface area contributed by atoms with Gasteiger partial charge in [0.1, 0.15) is 6.33 Å². The van der Waals surface area contributed by atoms with Gasteiger partial charge in [0, 0.05) is 20.6 Å². The lowest BCUT2D eigenvalue weighted by molar-refractivity contribution is -0.383. The van der Waals surface area contributed by atoms with E-state index in [0.717, 1.165) is 6.42 Å². The van der Waals surface area contributed by atoms with Crippen molar-refractivity contribution < 1.29 is 9.72 Å². The molecule has 110 valence electrons. The third kappa shape index (κ3) is 3.77. The predicted molar refractivity (Wildman–Crippen MR) is 74.8 cm³/mol. The van der Waals surface area contributed by atoms with Crippen molar-refractivity contribution in [3.8, 4) is 0 Å². The van der Waals surface area contributed by atoms with Crippen molar-refractivity contribution in [1.29, 1.82) is 0 Å². The summed E-state index contributed by atoms with van der Waals surface area (Å²) in [6, 6.07) is 0. The fourth-order valence-corrected chi connectivity index (χ4v) is 1.61. The molecule has 1 aromatic rings. The number of carbonyl (C=O) groups excluding carboxylic acids is 1. The third-order valence-electron chi connectivity index (χ3n) is 2.54. The maximum atomic E-state index is 11.6. The molecule has 9 heteroatoms. The summed E-state index contributed by atoms with van der Waals surface area (Å²) in [5, 5.41) is 16.5. The summed E-state index contributed by atoms with van der Waals surface area (Å²) >= 11 is 0. The lowest BCUT2D eigenvalue weighted by Crippen LogP contribution is -2.36.